The molecule has 0 radical (unpaired) electrons. The second-order valence-corrected chi connectivity index (χ2v) is 5.11. The molecule has 0 fully saturated rings. The van der Waals surface area contributed by atoms with Gasteiger partial charge >= 0.3 is 5.97 Å². The third-order valence-corrected chi connectivity index (χ3v) is 3.02. The Hall–Kier alpha value is -2.10. The van der Waals surface area contributed by atoms with Crippen LogP contribution < -0.4 is 5.32 Å². The quantitative estimate of drug-likeness (QED) is 0.752. The van der Waals surface area contributed by atoms with Crippen LogP contribution in [0.5, 0.6) is 0 Å². The molecule has 0 aliphatic rings. The van der Waals surface area contributed by atoms with E-state index in [-0.39, 0.29) is 17.4 Å². The molecular weight excluding hydrogens is 254 g/mol. The van der Waals surface area contributed by atoms with Gasteiger partial charge in [0.1, 0.15) is 0 Å². The van der Waals surface area contributed by atoms with Gasteiger partial charge in [-0.2, -0.15) is 0 Å². The maximum Gasteiger partial charge on any atom is 0.335 e. The minimum absolute atomic E-state index is 0.0233. The fourth-order valence-corrected chi connectivity index (χ4v) is 1.93. The van der Waals surface area contributed by atoms with Crippen molar-refractivity contribution in [2.45, 2.75) is 26.7 Å². The lowest BCUT2D eigenvalue weighted by Gasteiger charge is -2.12. The van der Waals surface area contributed by atoms with E-state index < -0.39 is 5.97 Å². The number of carboxylic acids is 1. The largest absolute Gasteiger partial charge is 0.478 e. The highest BCUT2D eigenvalue weighted by Gasteiger charge is 2.11. The highest BCUT2D eigenvalue weighted by Crippen LogP contribution is 2.09. The maximum absolute atomic E-state index is 11.8. The average Bonchev–Trinajstić information content (AvgIpc) is 2.38. The molecule has 0 bridgehead atoms. The molecule has 0 heterocycles. The van der Waals surface area contributed by atoms with Crippen LogP contribution in [0.4, 0.5) is 0 Å². The molecule has 0 aliphatic heterocycles. The summed E-state index contributed by atoms with van der Waals surface area (Å²) in [5, 5.41) is 11.7. The summed E-state index contributed by atoms with van der Waals surface area (Å²) in [7, 11) is 0. The molecule has 1 rings (SSSR count). The molecule has 1 aromatic rings. The van der Waals surface area contributed by atoms with Crippen LogP contribution in [0.25, 0.3) is 0 Å². The zero-order valence-electron chi connectivity index (χ0n) is 12.0. The van der Waals surface area contributed by atoms with Crippen LogP contribution in [0.15, 0.2) is 36.4 Å². The summed E-state index contributed by atoms with van der Waals surface area (Å²) in [5.74, 6) is -0.976. The minimum Gasteiger partial charge on any atom is -0.478 e. The van der Waals surface area contributed by atoms with Gasteiger partial charge in [0.05, 0.1) is 5.56 Å². The number of nitrogens with one attached hydrogen (secondary N) is 1. The number of amides is 1. The van der Waals surface area contributed by atoms with Gasteiger partial charge in [-0.3, -0.25) is 4.79 Å². The second kappa shape index (κ2) is 7.48. The molecule has 0 spiro atoms. The van der Waals surface area contributed by atoms with Gasteiger partial charge in [-0.1, -0.05) is 24.6 Å². The van der Waals surface area contributed by atoms with E-state index in [1.807, 2.05) is 13.8 Å². The maximum atomic E-state index is 11.8. The topological polar surface area (TPSA) is 66.4 Å². The third kappa shape index (κ3) is 5.26. The summed E-state index contributed by atoms with van der Waals surface area (Å²) < 4.78 is 0. The fraction of sp³-hybridized carbons (Fsp3) is 0.375. The van der Waals surface area contributed by atoms with Crippen molar-refractivity contribution in [3.05, 3.63) is 47.5 Å². The van der Waals surface area contributed by atoms with Crippen molar-refractivity contribution in [3.63, 3.8) is 0 Å². The summed E-state index contributed by atoms with van der Waals surface area (Å²) >= 11 is 0. The Kier molecular flexibility index (Phi) is 5.97. The molecule has 0 aliphatic carbocycles. The predicted molar refractivity (Wildman–Crippen MR) is 78.7 cm³/mol. The lowest BCUT2D eigenvalue weighted by atomic mass is 10.0. The molecule has 1 unspecified atom stereocenters. The van der Waals surface area contributed by atoms with E-state index in [2.05, 4.69) is 11.9 Å². The lowest BCUT2D eigenvalue weighted by molar-refractivity contribution is -0.124. The van der Waals surface area contributed by atoms with Gasteiger partial charge in [-0.15, -0.1) is 6.58 Å². The van der Waals surface area contributed by atoms with Gasteiger partial charge in [0, 0.05) is 12.5 Å². The van der Waals surface area contributed by atoms with Gasteiger partial charge in [-0.25, -0.2) is 4.79 Å². The molecule has 108 valence electrons. The second-order valence-electron chi connectivity index (χ2n) is 5.11. The van der Waals surface area contributed by atoms with Crippen molar-refractivity contribution < 1.29 is 14.7 Å². The number of aromatic carboxylic acids is 1. The third-order valence-electron chi connectivity index (χ3n) is 3.02. The number of carboxylic acid groups (broad SMARTS) is 1. The van der Waals surface area contributed by atoms with Gasteiger partial charge < -0.3 is 10.4 Å². The number of hydrogen-bond donors (Lipinski definition) is 2. The van der Waals surface area contributed by atoms with Crippen LogP contribution in [0.1, 0.15) is 36.2 Å². The van der Waals surface area contributed by atoms with E-state index >= 15 is 0 Å². The number of benzene rings is 1. The Bertz CT molecular complexity index is 491. The van der Waals surface area contributed by atoms with Crippen molar-refractivity contribution in [1.29, 1.82) is 0 Å². The predicted octanol–water partition coefficient (Wildman–Crippen LogP) is 2.65. The average molecular weight is 275 g/mol. The van der Waals surface area contributed by atoms with E-state index in [1.165, 1.54) is 0 Å². The van der Waals surface area contributed by atoms with E-state index in [1.54, 1.807) is 24.3 Å². The van der Waals surface area contributed by atoms with Crippen molar-refractivity contribution in [1.82, 2.24) is 5.32 Å². The Morgan fingerprint density at radius 2 is 1.90 bits per heavy atom. The first-order chi connectivity index (χ1) is 9.40. The van der Waals surface area contributed by atoms with Crippen LogP contribution in [0, 0.1) is 5.92 Å². The van der Waals surface area contributed by atoms with Crippen molar-refractivity contribution in [3.8, 4) is 0 Å². The van der Waals surface area contributed by atoms with Gasteiger partial charge in [0.25, 0.3) is 0 Å². The first-order valence-electron chi connectivity index (χ1n) is 6.64. The number of carbonyl (C=O) groups is 2. The van der Waals surface area contributed by atoms with Crippen LogP contribution in [0.2, 0.25) is 0 Å². The molecular formula is C16H21NO3. The smallest absolute Gasteiger partial charge is 0.335 e. The van der Waals surface area contributed by atoms with Gasteiger partial charge in [0.15, 0.2) is 0 Å². The van der Waals surface area contributed by atoms with Crippen LogP contribution in [0.3, 0.4) is 0 Å². The summed E-state index contributed by atoms with van der Waals surface area (Å²) in [6, 6.07) is 6.69. The van der Waals surface area contributed by atoms with E-state index in [9.17, 15) is 9.59 Å². The molecule has 0 saturated heterocycles. The normalized spacial score (nSPS) is 11.7. The molecule has 0 aromatic heterocycles. The molecule has 1 atom stereocenters. The van der Waals surface area contributed by atoms with Gasteiger partial charge in [-0.05, 0) is 37.5 Å². The molecule has 20 heavy (non-hydrogen) atoms. The Morgan fingerprint density at radius 3 is 2.40 bits per heavy atom. The van der Waals surface area contributed by atoms with Gasteiger partial charge in [0.2, 0.25) is 5.91 Å². The Labute approximate surface area is 119 Å². The highest BCUT2D eigenvalue weighted by atomic mass is 16.4. The number of hydrogen-bond acceptors (Lipinski definition) is 2. The van der Waals surface area contributed by atoms with Crippen LogP contribution >= 0.6 is 0 Å². The number of carbonyl (C=O) groups excluding carboxylic acids is 1. The summed E-state index contributed by atoms with van der Waals surface area (Å²) in [5.41, 5.74) is 2.27. The number of rotatable bonds is 7. The molecule has 1 aromatic carbocycles. The van der Waals surface area contributed by atoms with Crippen LogP contribution in [-0.2, 0) is 11.2 Å². The summed E-state index contributed by atoms with van der Waals surface area (Å²) in [4.78, 5) is 22.5. The SMILES string of the molecule is C=C(C)CC(C)C(=O)NCCc1ccc(C(=O)O)cc1. The van der Waals surface area contributed by atoms with E-state index in [4.69, 9.17) is 5.11 Å². The fourth-order valence-electron chi connectivity index (χ4n) is 1.93. The standard InChI is InChI=1S/C16H21NO3/c1-11(2)10-12(3)15(18)17-9-8-13-4-6-14(7-5-13)16(19)20/h4-7,12H,1,8-10H2,2-3H3,(H,17,18)(H,19,20). The minimum atomic E-state index is -0.932. The Morgan fingerprint density at radius 1 is 1.30 bits per heavy atom. The van der Waals surface area contributed by atoms with Crippen molar-refractivity contribution in [2.75, 3.05) is 6.54 Å². The first kappa shape index (κ1) is 16.0. The Balaban J connectivity index is 2.38. The molecule has 4 nitrogen and oxygen atoms in total. The zero-order chi connectivity index (χ0) is 15.1. The molecule has 2 N–H and O–H groups in total. The lowest BCUT2D eigenvalue weighted by Crippen LogP contribution is -2.31. The zero-order valence-corrected chi connectivity index (χ0v) is 12.0. The summed E-state index contributed by atoms with van der Waals surface area (Å²) in [6.07, 6.45) is 1.38. The summed E-state index contributed by atoms with van der Waals surface area (Å²) in [6.45, 7) is 8.14. The van der Waals surface area contributed by atoms with Crippen molar-refractivity contribution in [2.24, 2.45) is 5.92 Å². The van der Waals surface area contributed by atoms with Crippen molar-refractivity contribution >= 4 is 11.9 Å². The van der Waals surface area contributed by atoms with Crippen LogP contribution in [-0.4, -0.2) is 23.5 Å². The first-order valence-corrected chi connectivity index (χ1v) is 6.64. The molecule has 4 heteroatoms. The molecule has 0 saturated carbocycles. The van der Waals surface area contributed by atoms with E-state index in [0.29, 0.717) is 19.4 Å². The number of allylic oxidation sites excluding steroid dienone is 1. The molecule has 1 amide bonds. The van der Waals surface area contributed by atoms with E-state index in [0.717, 1.165) is 11.1 Å². The highest BCUT2D eigenvalue weighted by molar-refractivity contribution is 5.87. The monoisotopic (exact) mass is 275 g/mol.